The molecule has 0 unspecified atom stereocenters. The number of nitrogens with zero attached hydrogens (tertiary/aromatic N) is 1. The highest BCUT2D eigenvalue weighted by Crippen LogP contribution is 2.18. The molecule has 1 rings (SSSR count). The van der Waals surface area contributed by atoms with E-state index in [1.807, 2.05) is 46.8 Å². The number of hydrogen-bond donors (Lipinski definition) is 2. The second-order valence-corrected chi connectivity index (χ2v) is 7.44. The highest BCUT2D eigenvalue weighted by Gasteiger charge is 2.16. The van der Waals surface area contributed by atoms with Crippen molar-refractivity contribution in [3.05, 3.63) is 29.3 Å². The van der Waals surface area contributed by atoms with Crippen molar-refractivity contribution in [2.75, 3.05) is 33.3 Å². The quantitative estimate of drug-likeness (QED) is 0.700. The molecule has 0 radical (unpaired) electrons. The molecule has 140 valence electrons. The van der Waals surface area contributed by atoms with E-state index >= 15 is 0 Å². The molecule has 0 aromatic heterocycles. The average Bonchev–Trinajstić information content (AvgIpc) is 2.42. The number of carbonyl (C=O) groups excluding carboxylic acids is 2. The largest absolute Gasteiger partial charge is 0.491 e. The van der Waals surface area contributed by atoms with Crippen LogP contribution in [0, 0.1) is 13.8 Å². The third kappa shape index (κ3) is 9.10. The number of aryl methyl sites for hydroxylation is 2. The number of hydrogen-bond acceptors (Lipinski definition) is 4. The number of likely N-dealkylation sites (N-methyl/N-ethyl adjacent to an activating group) is 1. The van der Waals surface area contributed by atoms with Crippen LogP contribution in [0.3, 0.4) is 0 Å². The number of ether oxygens (including phenoxy) is 1. The Morgan fingerprint density at radius 3 is 2.36 bits per heavy atom. The molecule has 0 aliphatic heterocycles. The van der Waals surface area contributed by atoms with Crippen LogP contribution in [0.2, 0.25) is 0 Å². The van der Waals surface area contributed by atoms with Gasteiger partial charge in [0.1, 0.15) is 12.4 Å². The van der Waals surface area contributed by atoms with Crippen molar-refractivity contribution in [1.82, 2.24) is 15.5 Å². The minimum absolute atomic E-state index is 0.0963. The lowest BCUT2D eigenvalue weighted by molar-refractivity contribution is -0.125. The SMILES string of the molecule is Cc1ccc(OCCNC(=O)CN(C)CC(=O)NC(C)(C)C)c(C)c1. The van der Waals surface area contributed by atoms with Gasteiger partial charge in [-0.05, 0) is 53.3 Å². The van der Waals surface area contributed by atoms with Crippen LogP contribution in [0.15, 0.2) is 18.2 Å². The first-order valence-corrected chi connectivity index (χ1v) is 8.53. The molecular formula is C19H31N3O3. The van der Waals surface area contributed by atoms with Gasteiger partial charge in [0, 0.05) is 5.54 Å². The van der Waals surface area contributed by atoms with E-state index in [1.165, 1.54) is 5.56 Å². The maximum absolute atomic E-state index is 11.9. The molecule has 0 saturated heterocycles. The Bertz CT molecular complexity index is 594. The summed E-state index contributed by atoms with van der Waals surface area (Å²) in [6.45, 7) is 11.0. The molecule has 2 amide bonds. The summed E-state index contributed by atoms with van der Waals surface area (Å²) in [4.78, 5) is 25.4. The van der Waals surface area contributed by atoms with E-state index < -0.39 is 0 Å². The Labute approximate surface area is 150 Å². The molecule has 6 nitrogen and oxygen atoms in total. The summed E-state index contributed by atoms with van der Waals surface area (Å²) in [6, 6.07) is 6.00. The molecule has 6 heteroatoms. The van der Waals surface area contributed by atoms with Crippen molar-refractivity contribution in [1.29, 1.82) is 0 Å². The van der Waals surface area contributed by atoms with E-state index in [4.69, 9.17) is 4.74 Å². The number of amides is 2. The summed E-state index contributed by atoms with van der Waals surface area (Å²) >= 11 is 0. The van der Waals surface area contributed by atoms with E-state index in [-0.39, 0.29) is 30.4 Å². The normalized spacial score (nSPS) is 11.3. The fourth-order valence-corrected chi connectivity index (χ4v) is 2.37. The number of rotatable bonds is 8. The smallest absolute Gasteiger partial charge is 0.234 e. The van der Waals surface area contributed by atoms with E-state index in [2.05, 4.69) is 16.7 Å². The van der Waals surface area contributed by atoms with Crippen molar-refractivity contribution < 1.29 is 14.3 Å². The van der Waals surface area contributed by atoms with Crippen LogP contribution in [0.5, 0.6) is 5.75 Å². The summed E-state index contributed by atoms with van der Waals surface area (Å²) < 4.78 is 5.67. The number of benzene rings is 1. The second kappa shape index (κ2) is 9.42. The molecule has 0 bridgehead atoms. The first kappa shape index (κ1) is 21.0. The van der Waals surface area contributed by atoms with Crippen LogP contribution in [0.1, 0.15) is 31.9 Å². The van der Waals surface area contributed by atoms with Gasteiger partial charge < -0.3 is 15.4 Å². The first-order chi connectivity index (χ1) is 11.6. The van der Waals surface area contributed by atoms with Crippen molar-refractivity contribution in [3.63, 3.8) is 0 Å². The van der Waals surface area contributed by atoms with Gasteiger partial charge in [-0.3, -0.25) is 14.5 Å². The summed E-state index contributed by atoms with van der Waals surface area (Å²) in [7, 11) is 1.74. The van der Waals surface area contributed by atoms with Gasteiger partial charge in [-0.15, -0.1) is 0 Å². The minimum atomic E-state index is -0.272. The summed E-state index contributed by atoms with van der Waals surface area (Å²) in [5, 5.41) is 5.67. The van der Waals surface area contributed by atoms with Crippen LogP contribution in [0.25, 0.3) is 0 Å². The molecule has 0 heterocycles. The average molecular weight is 349 g/mol. The van der Waals surface area contributed by atoms with Gasteiger partial charge >= 0.3 is 0 Å². The third-order valence-corrected chi connectivity index (χ3v) is 3.35. The summed E-state index contributed by atoms with van der Waals surface area (Å²) in [5.41, 5.74) is 2.00. The fourth-order valence-electron chi connectivity index (χ4n) is 2.37. The Balaban J connectivity index is 2.25. The molecule has 2 N–H and O–H groups in total. The molecule has 25 heavy (non-hydrogen) atoms. The molecule has 0 aliphatic carbocycles. The first-order valence-electron chi connectivity index (χ1n) is 8.53. The van der Waals surface area contributed by atoms with Crippen molar-refractivity contribution >= 4 is 11.8 Å². The zero-order valence-corrected chi connectivity index (χ0v) is 16.2. The molecular weight excluding hydrogens is 318 g/mol. The maximum Gasteiger partial charge on any atom is 0.234 e. The van der Waals surface area contributed by atoms with E-state index in [1.54, 1.807) is 11.9 Å². The Morgan fingerprint density at radius 2 is 1.76 bits per heavy atom. The van der Waals surface area contributed by atoms with Gasteiger partial charge in [0.25, 0.3) is 0 Å². The molecule has 0 fully saturated rings. The number of nitrogens with one attached hydrogen (secondary N) is 2. The van der Waals surface area contributed by atoms with Crippen LogP contribution < -0.4 is 15.4 Å². The lowest BCUT2D eigenvalue weighted by atomic mass is 10.1. The van der Waals surface area contributed by atoms with Crippen LogP contribution >= 0.6 is 0 Å². The van der Waals surface area contributed by atoms with Crippen LogP contribution in [-0.2, 0) is 9.59 Å². The van der Waals surface area contributed by atoms with Crippen LogP contribution in [0.4, 0.5) is 0 Å². The van der Waals surface area contributed by atoms with Gasteiger partial charge in [0.15, 0.2) is 0 Å². The minimum Gasteiger partial charge on any atom is -0.491 e. The highest BCUT2D eigenvalue weighted by atomic mass is 16.5. The summed E-state index contributed by atoms with van der Waals surface area (Å²) in [5.74, 6) is 0.604. The Hall–Kier alpha value is -2.08. The molecule has 0 spiro atoms. The summed E-state index contributed by atoms with van der Waals surface area (Å²) in [6.07, 6.45) is 0. The van der Waals surface area contributed by atoms with Crippen LogP contribution in [-0.4, -0.2) is 55.5 Å². The van der Waals surface area contributed by atoms with Crippen molar-refractivity contribution in [3.8, 4) is 5.75 Å². The lowest BCUT2D eigenvalue weighted by Crippen LogP contribution is -2.47. The second-order valence-electron chi connectivity index (χ2n) is 7.44. The van der Waals surface area contributed by atoms with Crippen molar-refractivity contribution in [2.24, 2.45) is 0 Å². The standard InChI is InChI=1S/C19H31N3O3/c1-14-7-8-16(15(2)11-14)25-10-9-20-17(23)12-22(6)13-18(24)21-19(3,4)5/h7-8,11H,9-10,12-13H2,1-6H3,(H,20,23)(H,21,24). The van der Waals surface area contributed by atoms with Crippen molar-refractivity contribution in [2.45, 2.75) is 40.2 Å². The fraction of sp³-hybridized carbons (Fsp3) is 0.579. The number of carbonyl (C=O) groups is 2. The monoisotopic (exact) mass is 349 g/mol. The third-order valence-electron chi connectivity index (χ3n) is 3.35. The maximum atomic E-state index is 11.9. The van der Waals surface area contributed by atoms with Gasteiger partial charge in [-0.1, -0.05) is 17.7 Å². The predicted molar refractivity (Wildman–Crippen MR) is 99.8 cm³/mol. The van der Waals surface area contributed by atoms with Gasteiger partial charge in [-0.25, -0.2) is 0 Å². The zero-order valence-electron chi connectivity index (χ0n) is 16.2. The van der Waals surface area contributed by atoms with Gasteiger partial charge in [0.2, 0.25) is 11.8 Å². The van der Waals surface area contributed by atoms with E-state index in [0.717, 1.165) is 11.3 Å². The molecule has 0 atom stereocenters. The molecule has 1 aromatic rings. The molecule has 0 saturated carbocycles. The topological polar surface area (TPSA) is 70.7 Å². The van der Waals surface area contributed by atoms with Gasteiger partial charge in [-0.2, -0.15) is 0 Å². The zero-order chi connectivity index (χ0) is 19.0. The molecule has 0 aliphatic rings. The van der Waals surface area contributed by atoms with Gasteiger partial charge in [0.05, 0.1) is 19.6 Å². The van der Waals surface area contributed by atoms with E-state index in [9.17, 15) is 9.59 Å². The highest BCUT2D eigenvalue weighted by molar-refractivity contribution is 5.81. The predicted octanol–water partition coefficient (Wildman–Crippen LogP) is 1.64. The Kier molecular flexibility index (Phi) is 7.90. The molecule has 1 aromatic carbocycles. The lowest BCUT2D eigenvalue weighted by Gasteiger charge is -2.23. The Morgan fingerprint density at radius 1 is 1.12 bits per heavy atom. The van der Waals surface area contributed by atoms with E-state index in [0.29, 0.717) is 13.2 Å².